The predicted molar refractivity (Wildman–Crippen MR) is 68.0 cm³/mol. The third-order valence-corrected chi connectivity index (χ3v) is 2.49. The fraction of sp³-hybridized carbons (Fsp3) is 0.273. The fourth-order valence-electron chi connectivity index (χ4n) is 1.30. The first-order valence-corrected chi connectivity index (χ1v) is 5.77. The van der Waals surface area contributed by atoms with E-state index in [0.717, 1.165) is 0 Å². The summed E-state index contributed by atoms with van der Waals surface area (Å²) in [5, 5.41) is 11.5. The standard InChI is InChI=1S/C11H13BrN2O3/c1-6(13)4-10(15)14-9-5-7(12)2-3-8(9)11(16)17/h2-3,5-6H,4,13H2,1H3,(H,14,15)(H,16,17). The zero-order valence-corrected chi connectivity index (χ0v) is 10.8. The molecule has 0 spiro atoms. The maximum absolute atomic E-state index is 11.5. The number of nitrogens with two attached hydrogens (primary N) is 1. The van der Waals surface area contributed by atoms with Crippen LogP contribution in [0.2, 0.25) is 0 Å². The van der Waals surface area contributed by atoms with Crippen LogP contribution in [0.3, 0.4) is 0 Å². The van der Waals surface area contributed by atoms with Crippen LogP contribution in [0.15, 0.2) is 22.7 Å². The van der Waals surface area contributed by atoms with Gasteiger partial charge in [-0.3, -0.25) is 4.79 Å². The second-order valence-electron chi connectivity index (χ2n) is 3.72. The molecule has 0 fully saturated rings. The van der Waals surface area contributed by atoms with Crippen LogP contribution in [-0.2, 0) is 4.79 Å². The number of halogens is 1. The van der Waals surface area contributed by atoms with Crippen molar-refractivity contribution in [2.75, 3.05) is 5.32 Å². The monoisotopic (exact) mass is 300 g/mol. The first-order chi connectivity index (χ1) is 7.90. The molecule has 1 aromatic rings. The van der Waals surface area contributed by atoms with E-state index >= 15 is 0 Å². The molecule has 6 heteroatoms. The fourth-order valence-corrected chi connectivity index (χ4v) is 1.66. The molecule has 4 N–H and O–H groups in total. The van der Waals surface area contributed by atoms with Gasteiger partial charge in [-0.15, -0.1) is 0 Å². The summed E-state index contributed by atoms with van der Waals surface area (Å²) in [5.41, 5.74) is 5.80. The van der Waals surface area contributed by atoms with Gasteiger partial charge in [0, 0.05) is 16.9 Å². The maximum atomic E-state index is 11.5. The summed E-state index contributed by atoms with van der Waals surface area (Å²) in [6.45, 7) is 1.71. The summed E-state index contributed by atoms with van der Waals surface area (Å²) in [4.78, 5) is 22.5. The molecule has 1 unspecified atom stereocenters. The Bertz CT molecular complexity index is 446. The van der Waals surface area contributed by atoms with Gasteiger partial charge in [-0.1, -0.05) is 15.9 Å². The van der Waals surface area contributed by atoms with Crippen molar-refractivity contribution in [3.8, 4) is 0 Å². The molecule has 1 amide bonds. The minimum atomic E-state index is -1.09. The Kier molecular flexibility index (Phi) is 4.65. The van der Waals surface area contributed by atoms with Crippen molar-refractivity contribution in [3.05, 3.63) is 28.2 Å². The van der Waals surface area contributed by atoms with Gasteiger partial charge in [-0.05, 0) is 25.1 Å². The molecule has 5 nitrogen and oxygen atoms in total. The van der Waals surface area contributed by atoms with Gasteiger partial charge in [0.15, 0.2) is 0 Å². The van der Waals surface area contributed by atoms with E-state index < -0.39 is 5.97 Å². The Balaban J connectivity index is 2.92. The quantitative estimate of drug-likeness (QED) is 0.791. The lowest BCUT2D eigenvalue weighted by Crippen LogP contribution is -2.24. The van der Waals surface area contributed by atoms with Crippen LogP contribution < -0.4 is 11.1 Å². The lowest BCUT2D eigenvalue weighted by atomic mass is 10.1. The van der Waals surface area contributed by atoms with Crippen molar-refractivity contribution >= 4 is 33.5 Å². The topological polar surface area (TPSA) is 92.4 Å². The van der Waals surface area contributed by atoms with Gasteiger partial charge in [0.2, 0.25) is 5.91 Å². The van der Waals surface area contributed by atoms with E-state index in [0.29, 0.717) is 4.47 Å². The number of hydrogen-bond acceptors (Lipinski definition) is 3. The molecule has 17 heavy (non-hydrogen) atoms. The first kappa shape index (κ1) is 13.7. The molecule has 0 aliphatic carbocycles. The molecule has 0 radical (unpaired) electrons. The molecular formula is C11H13BrN2O3. The summed E-state index contributed by atoms with van der Waals surface area (Å²) in [7, 11) is 0. The summed E-state index contributed by atoms with van der Waals surface area (Å²) in [6.07, 6.45) is 0.144. The molecule has 0 heterocycles. The van der Waals surface area contributed by atoms with Gasteiger partial charge >= 0.3 is 5.97 Å². The molecule has 0 aromatic heterocycles. The Morgan fingerprint density at radius 3 is 2.71 bits per heavy atom. The Labute approximate surface area is 107 Å². The molecule has 0 aliphatic rings. The average molecular weight is 301 g/mol. The lowest BCUT2D eigenvalue weighted by Gasteiger charge is -2.10. The van der Waals surface area contributed by atoms with Crippen LogP contribution in [0.25, 0.3) is 0 Å². The Hall–Kier alpha value is -1.40. The van der Waals surface area contributed by atoms with Gasteiger partial charge in [-0.2, -0.15) is 0 Å². The Morgan fingerprint density at radius 2 is 2.18 bits per heavy atom. The van der Waals surface area contributed by atoms with Gasteiger partial charge in [0.25, 0.3) is 0 Å². The minimum Gasteiger partial charge on any atom is -0.478 e. The molecule has 1 aromatic carbocycles. The smallest absolute Gasteiger partial charge is 0.337 e. The number of anilines is 1. The van der Waals surface area contributed by atoms with E-state index in [9.17, 15) is 9.59 Å². The van der Waals surface area contributed by atoms with Crippen LogP contribution in [0.4, 0.5) is 5.69 Å². The van der Waals surface area contributed by atoms with Crippen LogP contribution in [-0.4, -0.2) is 23.0 Å². The normalized spacial score (nSPS) is 11.9. The van der Waals surface area contributed by atoms with Crippen molar-refractivity contribution in [2.45, 2.75) is 19.4 Å². The summed E-state index contributed by atoms with van der Waals surface area (Å²) in [5.74, 6) is -1.39. The van der Waals surface area contributed by atoms with Gasteiger partial charge in [-0.25, -0.2) is 4.79 Å². The second-order valence-corrected chi connectivity index (χ2v) is 4.64. The Morgan fingerprint density at radius 1 is 1.53 bits per heavy atom. The van der Waals surface area contributed by atoms with E-state index in [1.165, 1.54) is 6.07 Å². The van der Waals surface area contributed by atoms with Gasteiger partial charge < -0.3 is 16.2 Å². The van der Waals surface area contributed by atoms with Crippen LogP contribution in [0, 0.1) is 0 Å². The average Bonchev–Trinajstić information content (AvgIpc) is 2.15. The highest BCUT2D eigenvalue weighted by Crippen LogP contribution is 2.21. The largest absolute Gasteiger partial charge is 0.478 e. The number of carboxylic acid groups (broad SMARTS) is 1. The molecular weight excluding hydrogens is 288 g/mol. The zero-order valence-electron chi connectivity index (χ0n) is 9.24. The van der Waals surface area contributed by atoms with E-state index in [1.54, 1.807) is 19.1 Å². The van der Waals surface area contributed by atoms with E-state index in [1.807, 2.05) is 0 Å². The van der Waals surface area contributed by atoms with Crippen molar-refractivity contribution in [2.24, 2.45) is 5.73 Å². The van der Waals surface area contributed by atoms with Gasteiger partial charge in [0.05, 0.1) is 11.3 Å². The number of aromatic carboxylic acids is 1. The second kappa shape index (κ2) is 5.79. The molecule has 0 saturated heterocycles. The molecule has 0 bridgehead atoms. The number of hydrogen-bond donors (Lipinski definition) is 3. The predicted octanol–water partition coefficient (Wildman–Crippen LogP) is 1.82. The van der Waals surface area contributed by atoms with Gasteiger partial charge in [0.1, 0.15) is 0 Å². The van der Waals surface area contributed by atoms with Crippen molar-refractivity contribution in [1.82, 2.24) is 0 Å². The SMILES string of the molecule is CC(N)CC(=O)Nc1cc(Br)ccc1C(=O)O. The van der Waals surface area contributed by atoms with Crippen molar-refractivity contribution in [1.29, 1.82) is 0 Å². The molecule has 0 saturated carbocycles. The molecule has 92 valence electrons. The highest BCUT2D eigenvalue weighted by Gasteiger charge is 2.13. The number of carbonyl (C=O) groups excluding carboxylic acids is 1. The maximum Gasteiger partial charge on any atom is 0.337 e. The van der Waals surface area contributed by atoms with Crippen molar-refractivity contribution in [3.63, 3.8) is 0 Å². The summed E-state index contributed by atoms with van der Waals surface area (Å²) < 4.78 is 0.693. The van der Waals surface area contributed by atoms with Crippen LogP contribution >= 0.6 is 15.9 Å². The minimum absolute atomic E-state index is 0.0474. The number of carboxylic acids is 1. The number of rotatable bonds is 4. The van der Waals surface area contributed by atoms with E-state index in [2.05, 4.69) is 21.2 Å². The zero-order chi connectivity index (χ0) is 13.0. The molecule has 1 atom stereocenters. The highest BCUT2D eigenvalue weighted by atomic mass is 79.9. The molecule has 1 rings (SSSR count). The number of benzene rings is 1. The summed E-state index contributed by atoms with van der Waals surface area (Å²) >= 11 is 3.22. The van der Waals surface area contributed by atoms with Crippen molar-refractivity contribution < 1.29 is 14.7 Å². The number of carbonyl (C=O) groups is 2. The van der Waals surface area contributed by atoms with Crippen LogP contribution in [0.5, 0.6) is 0 Å². The van der Waals surface area contributed by atoms with E-state index in [-0.39, 0.29) is 29.6 Å². The highest BCUT2D eigenvalue weighted by molar-refractivity contribution is 9.10. The number of nitrogens with one attached hydrogen (secondary N) is 1. The van der Waals surface area contributed by atoms with E-state index in [4.69, 9.17) is 10.8 Å². The number of amides is 1. The third kappa shape index (κ3) is 4.16. The lowest BCUT2D eigenvalue weighted by molar-refractivity contribution is -0.116. The summed E-state index contributed by atoms with van der Waals surface area (Å²) in [6, 6.07) is 4.30. The first-order valence-electron chi connectivity index (χ1n) is 4.98. The third-order valence-electron chi connectivity index (χ3n) is 1.99. The molecule has 0 aliphatic heterocycles. The van der Waals surface area contributed by atoms with Crippen LogP contribution in [0.1, 0.15) is 23.7 Å².